The largest absolute Gasteiger partial charge is 0.488 e. The molecule has 66 valence electrons. The third-order valence-electron chi connectivity index (χ3n) is 1.22. The Kier molecular flexibility index (Phi) is 2.99. The topological polar surface area (TPSA) is 9.23 Å². The van der Waals surface area contributed by atoms with E-state index in [1.54, 1.807) is 0 Å². The fourth-order valence-electron chi connectivity index (χ4n) is 0.884. The van der Waals surface area contributed by atoms with Crippen LogP contribution in [-0.4, -0.2) is 5.60 Å². The van der Waals surface area contributed by atoms with Gasteiger partial charge in [0.25, 0.3) is 0 Å². The van der Waals surface area contributed by atoms with Gasteiger partial charge in [-0.3, -0.25) is 0 Å². The monoisotopic (exact) mass is 276 g/mol. The van der Waals surface area contributed by atoms with Crippen LogP contribution < -0.4 is 4.74 Å². The van der Waals surface area contributed by atoms with E-state index in [4.69, 9.17) is 4.74 Å². The van der Waals surface area contributed by atoms with Crippen LogP contribution in [0.25, 0.3) is 0 Å². The molecule has 2 heteroatoms. The average molecular weight is 276 g/mol. The molecule has 0 aromatic heterocycles. The Morgan fingerprint density at radius 1 is 1.25 bits per heavy atom. The lowest BCUT2D eigenvalue weighted by atomic mass is 10.2. The van der Waals surface area contributed by atoms with Crippen LogP contribution in [0.2, 0.25) is 0 Å². The molecular weight excluding hydrogens is 263 g/mol. The molecule has 0 amide bonds. The van der Waals surface area contributed by atoms with Crippen molar-refractivity contribution in [2.45, 2.75) is 26.4 Å². The number of ether oxygens (including phenoxy) is 1. The van der Waals surface area contributed by atoms with Crippen LogP contribution in [0.1, 0.15) is 20.8 Å². The molecule has 0 aliphatic heterocycles. The fourth-order valence-corrected chi connectivity index (χ4v) is 1.40. The van der Waals surface area contributed by atoms with Crippen molar-refractivity contribution < 1.29 is 4.74 Å². The Morgan fingerprint density at radius 3 is 2.42 bits per heavy atom. The van der Waals surface area contributed by atoms with Crippen molar-refractivity contribution in [2.75, 3.05) is 0 Å². The second kappa shape index (κ2) is 3.64. The summed E-state index contributed by atoms with van der Waals surface area (Å²) in [4.78, 5) is 0. The molecular formula is C10H13IO. The predicted molar refractivity (Wildman–Crippen MR) is 59.5 cm³/mol. The van der Waals surface area contributed by atoms with Crippen LogP contribution in [0.4, 0.5) is 0 Å². The molecule has 1 rings (SSSR count). The molecule has 0 spiro atoms. The molecule has 0 N–H and O–H groups in total. The summed E-state index contributed by atoms with van der Waals surface area (Å²) in [5.41, 5.74) is -0.107. The van der Waals surface area contributed by atoms with E-state index >= 15 is 0 Å². The zero-order valence-electron chi connectivity index (χ0n) is 7.60. The Balaban J connectivity index is 2.77. The van der Waals surface area contributed by atoms with Crippen molar-refractivity contribution in [3.8, 4) is 5.75 Å². The summed E-state index contributed by atoms with van der Waals surface area (Å²) < 4.78 is 6.88. The molecule has 1 aromatic rings. The highest BCUT2D eigenvalue weighted by Gasteiger charge is 2.11. The van der Waals surface area contributed by atoms with Crippen LogP contribution in [0.5, 0.6) is 5.75 Å². The molecule has 0 heterocycles. The van der Waals surface area contributed by atoms with Gasteiger partial charge in [0, 0.05) is 3.57 Å². The van der Waals surface area contributed by atoms with E-state index in [-0.39, 0.29) is 5.60 Å². The summed E-state index contributed by atoms with van der Waals surface area (Å²) in [5, 5.41) is 0. The molecule has 12 heavy (non-hydrogen) atoms. The molecule has 0 bridgehead atoms. The number of hydrogen-bond donors (Lipinski definition) is 0. The summed E-state index contributed by atoms with van der Waals surface area (Å²) in [6.07, 6.45) is 0. The normalized spacial score (nSPS) is 11.3. The second-order valence-electron chi connectivity index (χ2n) is 3.67. The van der Waals surface area contributed by atoms with Gasteiger partial charge in [0.05, 0.1) is 0 Å². The van der Waals surface area contributed by atoms with Crippen LogP contribution in [-0.2, 0) is 0 Å². The molecule has 0 aliphatic carbocycles. The Bertz CT molecular complexity index is 263. The van der Waals surface area contributed by atoms with Gasteiger partial charge in [0.1, 0.15) is 11.4 Å². The van der Waals surface area contributed by atoms with Crippen molar-refractivity contribution in [2.24, 2.45) is 0 Å². The standard InChI is InChI=1S/C10H13IO/c1-10(2,3)12-9-6-4-5-8(11)7-9/h4-7H,1-3H3. The minimum Gasteiger partial charge on any atom is -0.488 e. The first-order valence-corrected chi connectivity index (χ1v) is 5.00. The van der Waals surface area contributed by atoms with E-state index in [0.29, 0.717) is 0 Å². The van der Waals surface area contributed by atoms with Gasteiger partial charge in [0.15, 0.2) is 0 Å². The summed E-state index contributed by atoms with van der Waals surface area (Å²) in [5.74, 6) is 0.939. The quantitative estimate of drug-likeness (QED) is 0.714. The van der Waals surface area contributed by atoms with Gasteiger partial charge in [-0.2, -0.15) is 0 Å². The van der Waals surface area contributed by atoms with Crippen molar-refractivity contribution in [1.29, 1.82) is 0 Å². The van der Waals surface area contributed by atoms with E-state index in [1.807, 2.05) is 39.0 Å². The highest BCUT2D eigenvalue weighted by Crippen LogP contribution is 2.19. The molecule has 0 atom stereocenters. The van der Waals surface area contributed by atoms with Crippen molar-refractivity contribution in [3.63, 3.8) is 0 Å². The molecule has 1 aromatic carbocycles. The van der Waals surface area contributed by atoms with Gasteiger partial charge in [-0.15, -0.1) is 0 Å². The number of halogens is 1. The molecule has 0 saturated heterocycles. The van der Waals surface area contributed by atoms with Crippen molar-refractivity contribution in [3.05, 3.63) is 27.8 Å². The van der Waals surface area contributed by atoms with Crippen molar-refractivity contribution in [1.82, 2.24) is 0 Å². The maximum atomic E-state index is 5.68. The van der Waals surface area contributed by atoms with Crippen molar-refractivity contribution >= 4 is 22.6 Å². The molecule has 1 nitrogen and oxygen atoms in total. The van der Waals surface area contributed by atoms with Gasteiger partial charge in [0.2, 0.25) is 0 Å². The number of hydrogen-bond acceptors (Lipinski definition) is 1. The Labute approximate surface area is 87.3 Å². The second-order valence-corrected chi connectivity index (χ2v) is 4.92. The minimum atomic E-state index is -0.107. The van der Waals surface area contributed by atoms with E-state index in [0.717, 1.165) is 5.75 Å². The third kappa shape index (κ3) is 3.43. The van der Waals surface area contributed by atoms with Crippen LogP contribution >= 0.6 is 22.6 Å². The van der Waals surface area contributed by atoms with Gasteiger partial charge in [-0.25, -0.2) is 0 Å². The Morgan fingerprint density at radius 2 is 1.92 bits per heavy atom. The Hall–Kier alpha value is -0.250. The zero-order valence-corrected chi connectivity index (χ0v) is 9.75. The van der Waals surface area contributed by atoms with Crippen LogP contribution in [0, 0.1) is 3.57 Å². The van der Waals surface area contributed by atoms with Gasteiger partial charge in [-0.1, -0.05) is 6.07 Å². The smallest absolute Gasteiger partial charge is 0.121 e. The zero-order chi connectivity index (χ0) is 9.19. The number of rotatable bonds is 1. The summed E-state index contributed by atoms with van der Waals surface area (Å²) >= 11 is 2.28. The summed E-state index contributed by atoms with van der Waals surface area (Å²) in [7, 11) is 0. The molecule has 0 unspecified atom stereocenters. The highest BCUT2D eigenvalue weighted by molar-refractivity contribution is 14.1. The third-order valence-corrected chi connectivity index (χ3v) is 1.89. The highest BCUT2D eigenvalue weighted by atomic mass is 127. The maximum absolute atomic E-state index is 5.68. The molecule has 0 aliphatic rings. The SMILES string of the molecule is CC(C)(C)Oc1cccc(I)c1. The van der Waals surface area contributed by atoms with Gasteiger partial charge < -0.3 is 4.74 Å². The molecule has 0 radical (unpaired) electrons. The predicted octanol–water partition coefficient (Wildman–Crippen LogP) is 3.47. The van der Waals surface area contributed by atoms with Gasteiger partial charge in [-0.05, 0) is 61.6 Å². The van der Waals surface area contributed by atoms with E-state index < -0.39 is 0 Å². The maximum Gasteiger partial charge on any atom is 0.121 e. The first-order valence-electron chi connectivity index (χ1n) is 3.92. The lowest BCUT2D eigenvalue weighted by molar-refractivity contribution is 0.131. The van der Waals surface area contributed by atoms with Gasteiger partial charge >= 0.3 is 0 Å². The summed E-state index contributed by atoms with van der Waals surface area (Å²) in [6.45, 7) is 6.15. The van der Waals surface area contributed by atoms with E-state index in [9.17, 15) is 0 Å². The van der Waals surface area contributed by atoms with E-state index in [2.05, 4.69) is 28.7 Å². The first kappa shape index (κ1) is 9.84. The number of benzene rings is 1. The van der Waals surface area contributed by atoms with Crippen LogP contribution in [0.15, 0.2) is 24.3 Å². The van der Waals surface area contributed by atoms with E-state index in [1.165, 1.54) is 3.57 Å². The minimum absolute atomic E-state index is 0.107. The van der Waals surface area contributed by atoms with Crippen LogP contribution in [0.3, 0.4) is 0 Å². The lowest BCUT2D eigenvalue weighted by Gasteiger charge is -2.21. The lowest BCUT2D eigenvalue weighted by Crippen LogP contribution is -2.22. The molecule has 0 saturated carbocycles. The summed E-state index contributed by atoms with van der Waals surface area (Å²) in [6, 6.07) is 8.07. The fraction of sp³-hybridized carbons (Fsp3) is 0.400. The molecule has 0 fully saturated rings. The first-order chi connectivity index (χ1) is 5.47. The average Bonchev–Trinajstić information content (AvgIpc) is 1.82.